The van der Waals surface area contributed by atoms with Crippen molar-refractivity contribution in [2.24, 2.45) is 0 Å². The molecule has 0 atom stereocenters. The van der Waals surface area contributed by atoms with Crippen LogP contribution in [-0.4, -0.2) is 54.7 Å². The highest BCUT2D eigenvalue weighted by Gasteiger charge is 2.35. The van der Waals surface area contributed by atoms with Gasteiger partial charge in [-0.05, 0) is 30.0 Å². The maximum Gasteiger partial charge on any atom is 0.417 e. The summed E-state index contributed by atoms with van der Waals surface area (Å²) in [6, 6.07) is 8.67. The number of hydrogen-bond acceptors (Lipinski definition) is 4. The summed E-state index contributed by atoms with van der Waals surface area (Å²) in [6.45, 7) is 2.04. The van der Waals surface area contributed by atoms with E-state index in [1.807, 2.05) is 24.3 Å². The standard InChI is InChI=1S/C20H22ClF3N4O2S/c21-18-12-17(20(22,23)24)13-25-19(18)26-7-3-8-27(11-10-26)31(29,30)28-9-6-15-4-1-2-5-16(15)14-28/h1-2,4-5,12-13H,3,6-11,14H2. The third kappa shape index (κ3) is 4.67. The first-order chi connectivity index (χ1) is 14.7. The van der Waals surface area contributed by atoms with Crippen molar-refractivity contribution in [3.05, 3.63) is 58.2 Å². The Hall–Kier alpha value is -1.88. The highest BCUT2D eigenvalue weighted by molar-refractivity contribution is 7.86. The molecule has 2 aliphatic heterocycles. The maximum absolute atomic E-state index is 13.2. The van der Waals surface area contributed by atoms with Crippen molar-refractivity contribution in [1.82, 2.24) is 13.6 Å². The molecule has 0 spiro atoms. The van der Waals surface area contributed by atoms with Gasteiger partial charge in [0.2, 0.25) is 0 Å². The molecule has 0 N–H and O–H groups in total. The third-order valence-corrected chi connectivity index (χ3v) is 7.91. The Morgan fingerprint density at radius 1 is 0.968 bits per heavy atom. The summed E-state index contributed by atoms with van der Waals surface area (Å²) < 4.78 is 68.0. The molecule has 2 aliphatic rings. The molecule has 0 saturated carbocycles. The van der Waals surface area contributed by atoms with Gasteiger partial charge in [0.1, 0.15) is 5.82 Å². The number of pyridine rings is 1. The SMILES string of the molecule is O=S(=O)(N1CCCN(c2ncc(C(F)(F)F)cc2Cl)CC1)N1CCc2ccccc2C1. The Kier molecular flexibility index (Phi) is 6.17. The molecule has 1 fully saturated rings. The molecular formula is C20H22ClF3N4O2S. The summed E-state index contributed by atoms with van der Waals surface area (Å²) in [5.41, 5.74) is 1.26. The Labute approximate surface area is 184 Å². The van der Waals surface area contributed by atoms with E-state index in [0.717, 1.165) is 17.8 Å². The van der Waals surface area contributed by atoms with E-state index in [4.69, 9.17) is 11.6 Å². The number of fused-ring (bicyclic) bond motifs is 1. The highest BCUT2D eigenvalue weighted by atomic mass is 35.5. The molecule has 1 saturated heterocycles. The number of anilines is 1. The zero-order chi connectivity index (χ0) is 22.2. The molecule has 1 aromatic heterocycles. The maximum atomic E-state index is 13.2. The average molecular weight is 475 g/mol. The zero-order valence-electron chi connectivity index (χ0n) is 16.6. The first-order valence-electron chi connectivity index (χ1n) is 9.96. The van der Waals surface area contributed by atoms with Crippen LogP contribution in [0.4, 0.5) is 19.0 Å². The van der Waals surface area contributed by atoms with E-state index in [-0.39, 0.29) is 17.4 Å². The van der Waals surface area contributed by atoms with Gasteiger partial charge in [0.25, 0.3) is 10.2 Å². The number of benzene rings is 1. The Morgan fingerprint density at radius 2 is 1.71 bits per heavy atom. The quantitative estimate of drug-likeness (QED) is 0.682. The van der Waals surface area contributed by atoms with Gasteiger partial charge in [-0.1, -0.05) is 35.9 Å². The van der Waals surface area contributed by atoms with Gasteiger partial charge in [0, 0.05) is 45.5 Å². The largest absolute Gasteiger partial charge is 0.417 e. The second-order valence-corrected chi connectivity index (χ2v) is 9.96. The van der Waals surface area contributed by atoms with Crippen LogP contribution in [0.15, 0.2) is 36.5 Å². The molecule has 0 radical (unpaired) electrons. The van der Waals surface area contributed by atoms with Crippen molar-refractivity contribution in [3.8, 4) is 0 Å². The lowest BCUT2D eigenvalue weighted by atomic mass is 10.0. The van der Waals surface area contributed by atoms with E-state index in [9.17, 15) is 21.6 Å². The Balaban J connectivity index is 1.47. The van der Waals surface area contributed by atoms with Crippen LogP contribution in [0, 0.1) is 0 Å². The molecule has 168 valence electrons. The van der Waals surface area contributed by atoms with E-state index < -0.39 is 21.9 Å². The minimum atomic E-state index is -4.52. The first-order valence-corrected chi connectivity index (χ1v) is 11.7. The molecule has 4 rings (SSSR count). The molecule has 0 amide bonds. The molecule has 0 bridgehead atoms. The molecule has 31 heavy (non-hydrogen) atoms. The monoisotopic (exact) mass is 474 g/mol. The van der Waals surface area contributed by atoms with E-state index in [1.54, 1.807) is 4.90 Å². The van der Waals surface area contributed by atoms with Gasteiger partial charge in [-0.25, -0.2) is 4.98 Å². The Morgan fingerprint density at radius 3 is 2.42 bits per heavy atom. The van der Waals surface area contributed by atoms with Crippen LogP contribution in [0.25, 0.3) is 0 Å². The van der Waals surface area contributed by atoms with Crippen LogP contribution >= 0.6 is 11.6 Å². The zero-order valence-corrected chi connectivity index (χ0v) is 18.2. The van der Waals surface area contributed by atoms with E-state index in [0.29, 0.717) is 45.6 Å². The van der Waals surface area contributed by atoms with E-state index >= 15 is 0 Å². The van der Waals surface area contributed by atoms with Gasteiger partial charge < -0.3 is 4.90 Å². The second kappa shape index (κ2) is 8.57. The summed E-state index contributed by atoms with van der Waals surface area (Å²) >= 11 is 6.07. The summed E-state index contributed by atoms with van der Waals surface area (Å²) in [4.78, 5) is 5.65. The number of halogens is 4. The minimum absolute atomic E-state index is 0.0984. The van der Waals surface area contributed by atoms with Gasteiger partial charge in [-0.2, -0.15) is 30.2 Å². The number of rotatable bonds is 3. The minimum Gasteiger partial charge on any atom is -0.354 e. The fraction of sp³-hybridized carbons (Fsp3) is 0.450. The van der Waals surface area contributed by atoms with Gasteiger partial charge in [-0.3, -0.25) is 0 Å². The molecule has 0 aliphatic carbocycles. The van der Waals surface area contributed by atoms with Gasteiger partial charge in [0.15, 0.2) is 0 Å². The average Bonchev–Trinajstić information content (AvgIpc) is 2.99. The van der Waals surface area contributed by atoms with E-state index in [2.05, 4.69) is 4.98 Å². The molecular weight excluding hydrogens is 453 g/mol. The number of hydrogen-bond donors (Lipinski definition) is 0. The van der Waals surface area contributed by atoms with Crippen LogP contribution < -0.4 is 4.90 Å². The van der Waals surface area contributed by atoms with Gasteiger partial charge in [0.05, 0.1) is 10.6 Å². The molecule has 1 aromatic carbocycles. The van der Waals surface area contributed by atoms with Gasteiger partial charge in [-0.15, -0.1) is 0 Å². The van der Waals surface area contributed by atoms with Gasteiger partial charge >= 0.3 is 6.18 Å². The number of aromatic nitrogens is 1. The highest BCUT2D eigenvalue weighted by Crippen LogP contribution is 2.34. The van der Waals surface area contributed by atoms with E-state index in [1.165, 1.54) is 14.2 Å². The number of nitrogens with zero attached hydrogens (tertiary/aromatic N) is 4. The van der Waals surface area contributed by atoms with Crippen molar-refractivity contribution >= 4 is 27.6 Å². The smallest absolute Gasteiger partial charge is 0.354 e. The third-order valence-electron chi connectivity index (χ3n) is 5.65. The topological polar surface area (TPSA) is 56.8 Å². The van der Waals surface area contributed by atoms with Crippen LogP contribution in [0.1, 0.15) is 23.1 Å². The van der Waals surface area contributed by atoms with Crippen molar-refractivity contribution < 1.29 is 21.6 Å². The summed E-state index contributed by atoms with van der Waals surface area (Å²) in [7, 11) is -3.66. The summed E-state index contributed by atoms with van der Waals surface area (Å²) in [5, 5.41) is -0.0984. The first kappa shape index (κ1) is 22.3. The lowest BCUT2D eigenvalue weighted by Crippen LogP contribution is -2.47. The van der Waals surface area contributed by atoms with Crippen LogP contribution in [0.2, 0.25) is 5.02 Å². The van der Waals surface area contributed by atoms with Crippen LogP contribution in [-0.2, 0) is 29.4 Å². The second-order valence-electron chi connectivity index (χ2n) is 7.63. The van der Waals surface area contributed by atoms with Crippen molar-refractivity contribution in [2.45, 2.75) is 25.6 Å². The normalized spacial score (nSPS) is 19.2. The molecule has 0 unspecified atom stereocenters. The fourth-order valence-electron chi connectivity index (χ4n) is 3.98. The predicted molar refractivity (Wildman–Crippen MR) is 112 cm³/mol. The van der Waals surface area contributed by atoms with Crippen LogP contribution in [0.3, 0.4) is 0 Å². The van der Waals surface area contributed by atoms with Crippen molar-refractivity contribution in [3.63, 3.8) is 0 Å². The lowest BCUT2D eigenvalue weighted by molar-refractivity contribution is -0.137. The number of alkyl halides is 3. The predicted octanol–water partition coefficient (Wildman–Crippen LogP) is 3.57. The summed E-state index contributed by atoms with van der Waals surface area (Å²) in [5.74, 6) is 0.237. The fourth-order valence-corrected chi connectivity index (χ4v) is 5.89. The molecule has 3 heterocycles. The Bertz CT molecular complexity index is 1060. The van der Waals surface area contributed by atoms with Crippen LogP contribution in [0.5, 0.6) is 0 Å². The van der Waals surface area contributed by atoms with Crippen molar-refractivity contribution in [1.29, 1.82) is 0 Å². The molecule has 11 heteroatoms. The molecule has 2 aromatic rings. The molecule has 6 nitrogen and oxygen atoms in total. The lowest BCUT2D eigenvalue weighted by Gasteiger charge is -2.32. The summed E-state index contributed by atoms with van der Waals surface area (Å²) in [6.07, 6.45) is -2.58. The van der Waals surface area contributed by atoms with Crippen molar-refractivity contribution in [2.75, 3.05) is 37.6 Å².